The van der Waals surface area contributed by atoms with E-state index in [2.05, 4.69) is 10.6 Å². The van der Waals surface area contributed by atoms with Crippen molar-refractivity contribution in [1.82, 2.24) is 10.6 Å². The number of carbonyl (C=O) groups is 1. The molecule has 1 aliphatic heterocycles. The van der Waals surface area contributed by atoms with Crippen LogP contribution in [0.2, 0.25) is 0 Å². The lowest BCUT2D eigenvalue weighted by Crippen LogP contribution is -2.72. The van der Waals surface area contributed by atoms with Crippen LogP contribution in [0.25, 0.3) is 0 Å². The first-order chi connectivity index (χ1) is 11.5. The van der Waals surface area contributed by atoms with Crippen LogP contribution >= 0.6 is 0 Å². The minimum atomic E-state index is -1.63. The van der Waals surface area contributed by atoms with E-state index < -0.39 is 23.9 Å². The van der Waals surface area contributed by atoms with Gasteiger partial charge in [0.05, 0.1) is 18.2 Å². The molecule has 0 aliphatic carbocycles. The number of piperidine rings is 1. The summed E-state index contributed by atoms with van der Waals surface area (Å²) in [5.41, 5.74) is 0.116. The molecule has 4 N–H and O–H groups in total. The van der Waals surface area contributed by atoms with Crippen molar-refractivity contribution in [3.63, 3.8) is 0 Å². The van der Waals surface area contributed by atoms with E-state index in [0.717, 1.165) is 12.0 Å². The van der Waals surface area contributed by atoms with Crippen LogP contribution in [0.5, 0.6) is 0 Å². The first-order valence-electron chi connectivity index (χ1n) is 8.53. The Morgan fingerprint density at radius 3 is 2.75 bits per heavy atom. The average Bonchev–Trinajstić information content (AvgIpc) is 2.60. The van der Waals surface area contributed by atoms with Crippen molar-refractivity contribution in [2.75, 3.05) is 13.2 Å². The number of hydrogen-bond donors (Lipinski definition) is 4. The lowest BCUT2D eigenvalue weighted by Gasteiger charge is -2.46. The number of hydrogen-bond acceptors (Lipinski definition) is 4. The zero-order valence-electron chi connectivity index (χ0n) is 14.0. The Labute approximate surface area is 142 Å². The number of nitrogens with one attached hydrogen (secondary N) is 2. The number of halogens is 1. The number of carbonyl (C=O) groups excluding carboxylic acids is 1. The quantitative estimate of drug-likeness (QED) is 0.596. The molecule has 1 aliphatic rings. The SMILES string of the molecule is CCC(=O)N[C@@]1(CCCc2ccccc2)CN[C@H](CO)[C@H](F)[C@@H]1O. The summed E-state index contributed by atoms with van der Waals surface area (Å²) in [7, 11) is 0. The standard InChI is InChI=1S/C18H27FN2O3/c1-2-15(23)21-18(10-6-9-13-7-4-3-5-8-13)12-20-14(11-22)16(19)17(18)24/h3-5,7-8,14,16-17,20,22,24H,2,6,9-12H2,1H3,(H,21,23)/t14-,16+,17+,18+/m1/s1. The molecule has 1 aromatic rings. The molecule has 1 heterocycles. The van der Waals surface area contributed by atoms with Crippen molar-refractivity contribution in [3.05, 3.63) is 35.9 Å². The number of amides is 1. The highest BCUT2D eigenvalue weighted by molar-refractivity contribution is 5.76. The third kappa shape index (κ3) is 4.32. The van der Waals surface area contributed by atoms with Gasteiger partial charge < -0.3 is 20.8 Å². The Balaban J connectivity index is 2.07. The van der Waals surface area contributed by atoms with Crippen LogP contribution in [0.3, 0.4) is 0 Å². The number of aliphatic hydroxyl groups excluding tert-OH is 2. The summed E-state index contributed by atoms with van der Waals surface area (Å²) < 4.78 is 14.4. The van der Waals surface area contributed by atoms with Crippen LogP contribution in [-0.4, -0.2) is 53.1 Å². The molecule has 0 saturated carbocycles. The van der Waals surface area contributed by atoms with E-state index in [-0.39, 0.29) is 25.5 Å². The van der Waals surface area contributed by atoms with Gasteiger partial charge in [-0.1, -0.05) is 37.3 Å². The normalized spacial score (nSPS) is 30.1. The fraction of sp³-hybridized carbons (Fsp3) is 0.611. The maximum atomic E-state index is 14.4. The molecule has 1 fully saturated rings. The smallest absolute Gasteiger partial charge is 0.220 e. The van der Waals surface area contributed by atoms with Gasteiger partial charge in [0.2, 0.25) is 5.91 Å². The van der Waals surface area contributed by atoms with Crippen molar-refractivity contribution in [2.24, 2.45) is 0 Å². The topological polar surface area (TPSA) is 81.6 Å². The summed E-state index contributed by atoms with van der Waals surface area (Å²) in [6.45, 7) is 1.57. The second-order valence-corrected chi connectivity index (χ2v) is 6.46. The van der Waals surface area contributed by atoms with Crippen LogP contribution in [-0.2, 0) is 11.2 Å². The fourth-order valence-electron chi connectivity index (χ4n) is 3.26. The fourth-order valence-corrected chi connectivity index (χ4v) is 3.26. The van der Waals surface area contributed by atoms with E-state index in [1.165, 1.54) is 0 Å². The Morgan fingerprint density at radius 2 is 2.12 bits per heavy atom. The third-order valence-electron chi connectivity index (χ3n) is 4.77. The molecule has 0 bridgehead atoms. The van der Waals surface area contributed by atoms with Crippen molar-refractivity contribution < 1.29 is 19.4 Å². The second-order valence-electron chi connectivity index (χ2n) is 6.46. The van der Waals surface area contributed by atoms with Crippen molar-refractivity contribution in [1.29, 1.82) is 0 Å². The third-order valence-corrected chi connectivity index (χ3v) is 4.77. The Bertz CT molecular complexity index is 528. The van der Waals surface area contributed by atoms with E-state index >= 15 is 0 Å². The van der Waals surface area contributed by atoms with Crippen molar-refractivity contribution in [3.8, 4) is 0 Å². The van der Waals surface area contributed by atoms with E-state index in [0.29, 0.717) is 12.8 Å². The summed E-state index contributed by atoms with van der Waals surface area (Å²) in [6.07, 6.45) is -0.741. The molecule has 1 aromatic carbocycles. The highest BCUT2D eigenvalue weighted by atomic mass is 19.1. The Morgan fingerprint density at radius 1 is 1.42 bits per heavy atom. The molecule has 1 amide bonds. The maximum absolute atomic E-state index is 14.4. The van der Waals surface area contributed by atoms with E-state index in [1.807, 2.05) is 30.3 Å². The summed E-state index contributed by atoms with van der Waals surface area (Å²) in [5.74, 6) is -0.217. The monoisotopic (exact) mass is 338 g/mol. The molecule has 0 spiro atoms. The number of alkyl halides is 1. The van der Waals surface area contributed by atoms with Gasteiger partial charge in [0.15, 0.2) is 0 Å². The summed E-state index contributed by atoms with van der Waals surface area (Å²) in [6, 6.07) is 9.11. The van der Waals surface area contributed by atoms with E-state index in [9.17, 15) is 19.4 Å². The number of aryl methyl sites for hydroxylation is 1. The number of benzene rings is 1. The van der Waals surface area contributed by atoms with Gasteiger partial charge in [0.1, 0.15) is 12.3 Å². The van der Waals surface area contributed by atoms with Crippen LogP contribution in [0.4, 0.5) is 4.39 Å². The van der Waals surface area contributed by atoms with Crippen molar-refractivity contribution >= 4 is 5.91 Å². The molecule has 5 nitrogen and oxygen atoms in total. The van der Waals surface area contributed by atoms with Gasteiger partial charge in [-0.2, -0.15) is 0 Å². The highest BCUT2D eigenvalue weighted by Gasteiger charge is 2.49. The minimum absolute atomic E-state index is 0.217. The van der Waals surface area contributed by atoms with E-state index in [4.69, 9.17) is 0 Å². The molecular formula is C18H27FN2O3. The predicted octanol–water partition coefficient (Wildman–Crippen LogP) is 0.937. The first kappa shape index (κ1) is 18.8. The molecule has 4 atom stereocenters. The predicted molar refractivity (Wildman–Crippen MR) is 90.3 cm³/mol. The largest absolute Gasteiger partial charge is 0.395 e. The van der Waals surface area contributed by atoms with Gasteiger partial charge in [-0.05, 0) is 24.8 Å². The molecule has 0 aromatic heterocycles. The number of rotatable bonds is 7. The molecule has 6 heteroatoms. The lowest BCUT2D eigenvalue weighted by atomic mass is 9.78. The van der Waals surface area contributed by atoms with Gasteiger partial charge >= 0.3 is 0 Å². The molecule has 24 heavy (non-hydrogen) atoms. The van der Waals surface area contributed by atoms with Crippen LogP contribution in [0.15, 0.2) is 30.3 Å². The summed E-state index contributed by atoms with van der Waals surface area (Å²) >= 11 is 0. The van der Waals surface area contributed by atoms with Crippen LogP contribution in [0, 0.1) is 0 Å². The number of aliphatic hydroxyl groups is 2. The molecule has 2 rings (SSSR count). The van der Waals surface area contributed by atoms with Crippen molar-refractivity contribution in [2.45, 2.75) is 56.5 Å². The Kier molecular flexibility index (Phi) is 6.71. The average molecular weight is 338 g/mol. The lowest BCUT2D eigenvalue weighted by molar-refractivity contribution is -0.128. The molecule has 134 valence electrons. The summed E-state index contributed by atoms with van der Waals surface area (Å²) in [5, 5.41) is 25.4. The van der Waals surface area contributed by atoms with Gasteiger partial charge in [-0.25, -0.2) is 4.39 Å². The molecular weight excluding hydrogens is 311 g/mol. The van der Waals surface area contributed by atoms with Gasteiger partial charge in [0, 0.05) is 13.0 Å². The van der Waals surface area contributed by atoms with Crippen LogP contribution in [0.1, 0.15) is 31.7 Å². The Hall–Kier alpha value is -1.50. The van der Waals surface area contributed by atoms with E-state index in [1.54, 1.807) is 6.92 Å². The molecule has 1 saturated heterocycles. The van der Waals surface area contributed by atoms with Gasteiger partial charge in [-0.15, -0.1) is 0 Å². The first-order valence-corrected chi connectivity index (χ1v) is 8.53. The maximum Gasteiger partial charge on any atom is 0.220 e. The van der Waals surface area contributed by atoms with Gasteiger partial charge in [-0.3, -0.25) is 4.79 Å². The van der Waals surface area contributed by atoms with Gasteiger partial charge in [0.25, 0.3) is 0 Å². The summed E-state index contributed by atoms with van der Waals surface area (Å²) in [4.78, 5) is 11.9. The molecule has 0 unspecified atom stereocenters. The molecule has 0 radical (unpaired) electrons. The van der Waals surface area contributed by atoms with Crippen LogP contribution < -0.4 is 10.6 Å². The second kappa shape index (κ2) is 8.55. The zero-order valence-corrected chi connectivity index (χ0v) is 14.0. The minimum Gasteiger partial charge on any atom is -0.395 e. The highest BCUT2D eigenvalue weighted by Crippen LogP contribution is 2.28. The zero-order chi connectivity index (χ0) is 17.6.